The van der Waals surface area contributed by atoms with Crippen LogP contribution in [0.15, 0.2) is 180 Å². The second-order valence-electron chi connectivity index (χ2n) is 13.5. The van der Waals surface area contributed by atoms with Crippen molar-refractivity contribution in [2.24, 2.45) is 0 Å². The molecule has 8 aromatic carbocycles. The fourth-order valence-corrected chi connectivity index (χ4v) is 8.08. The van der Waals surface area contributed by atoms with Crippen molar-refractivity contribution in [2.45, 2.75) is 0 Å². The summed E-state index contributed by atoms with van der Waals surface area (Å²) in [5.74, 6) is 1.82. The third-order valence-electron chi connectivity index (χ3n) is 10.5. The molecule has 10 aromatic rings. The van der Waals surface area contributed by atoms with Crippen molar-refractivity contribution in [2.75, 3.05) is 0 Å². The number of hydrogen-bond acceptors (Lipinski definition) is 4. The van der Waals surface area contributed by atoms with E-state index in [-0.39, 0.29) is 0 Å². The molecule has 0 bridgehead atoms. The van der Waals surface area contributed by atoms with Crippen LogP contribution in [0, 0.1) is 0 Å². The molecule has 0 fully saturated rings. The van der Waals surface area contributed by atoms with E-state index < -0.39 is 0 Å². The van der Waals surface area contributed by atoms with Crippen LogP contribution < -0.4 is 0 Å². The van der Waals surface area contributed by atoms with Gasteiger partial charge in [-0.1, -0.05) is 146 Å². The maximum atomic E-state index is 6.29. The van der Waals surface area contributed by atoms with Crippen molar-refractivity contribution in [3.63, 3.8) is 0 Å². The normalized spacial score (nSPS) is 11.8. The number of fused-ring (bicyclic) bond motifs is 6. The number of rotatable bonds is 5. The summed E-state index contributed by atoms with van der Waals surface area (Å²) in [6.07, 6.45) is 0. The molecular weight excluding hydrogens is 647 g/mol. The van der Waals surface area contributed by atoms with Gasteiger partial charge in [-0.3, -0.25) is 0 Å². The average Bonchev–Trinajstić information content (AvgIpc) is 3.78. The summed E-state index contributed by atoms with van der Waals surface area (Å²) in [4.78, 5) is 15.7. The number of nitrogens with zero attached hydrogens (tertiary/aromatic N) is 3. The van der Waals surface area contributed by atoms with Crippen molar-refractivity contribution in [3.8, 4) is 78.7 Å². The third kappa shape index (κ3) is 4.73. The highest BCUT2D eigenvalue weighted by Crippen LogP contribution is 2.48. The Bertz CT molecular complexity index is 3070. The van der Waals surface area contributed by atoms with Crippen LogP contribution in [0.25, 0.3) is 111 Å². The van der Waals surface area contributed by atoms with Crippen LogP contribution in [0.4, 0.5) is 0 Å². The monoisotopic (exact) mass is 675 g/mol. The molecule has 0 atom stereocenters. The number of hydrogen-bond donors (Lipinski definition) is 0. The van der Waals surface area contributed by atoms with E-state index in [9.17, 15) is 0 Å². The van der Waals surface area contributed by atoms with Gasteiger partial charge in [-0.05, 0) is 85.6 Å². The first-order chi connectivity index (χ1) is 26.3. The minimum atomic E-state index is 0.596. The van der Waals surface area contributed by atoms with Gasteiger partial charge in [-0.15, -0.1) is 0 Å². The first-order valence-corrected chi connectivity index (χ1v) is 17.9. The van der Waals surface area contributed by atoms with Gasteiger partial charge in [0.05, 0.1) is 0 Å². The lowest BCUT2D eigenvalue weighted by atomic mass is 9.95. The molecule has 0 aliphatic heterocycles. The van der Waals surface area contributed by atoms with E-state index in [0.717, 1.165) is 60.9 Å². The van der Waals surface area contributed by atoms with Crippen LogP contribution in [-0.2, 0) is 0 Å². The first-order valence-electron chi connectivity index (χ1n) is 17.9. The summed E-state index contributed by atoms with van der Waals surface area (Å²) in [6.45, 7) is 0. The minimum Gasteiger partial charge on any atom is -0.456 e. The highest BCUT2D eigenvalue weighted by atomic mass is 16.3. The summed E-state index contributed by atoms with van der Waals surface area (Å²) < 4.78 is 6.29. The molecule has 4 heteroatoms. The van der Waals surface area contributed by atoms with Crippen molar-refractivity contribution < 1.29 is 4.42 Å². The molecule has 4 nitrogen and oxygen atoms in total. The highest BCUT2D eigenvalue weighted by Gasteiger charge is 2.23. The Morgan fingerprint density at radius 2 is 0.887 bits per heavy atom. The SMILES string of the molecule is c1ccc(-c2ccccc2-c2nc(-c3cccc(-c4cc5c6c(cccc6c4)-c4ccccc4-5)c3)nc(-c3cccc4oc5ccccc5c34)n2)cc1. The second kappa shape index (κ2) is 11.7. The lowest BCUT2D eigenvalue weighted by Crippen LogP contribution is -2.01. The largest absolute Gasteiger partial charge is 0.456 e. The Hall–Kier alpha value is -7.17. The summed E-state index contributed by atoms with van der Waals surface area (Å²) in [7, 11) is 0. The topological polar surface area (TPSA) is 51.8 Å². The van der Waals surface area contributed by atoms with E-state index in [1.54, 1.807) is 0 Å². The van der Waals surface area contributed by atoms with Crippen LogP contribution in [0.2, 0.25) is 0 Å². The maximum absolute atomic E-state index is 6.29. The Labute approximate surface area is 305 Å². The molecule has 0 amide bonds. The quantitative estimate of drug-likeness (QED) is 0.182. The summed E-state index contributed by atoms with van der Waals surface area (Å²) in [5.41, 5.74) is 14.0. The number of para-hydroxylation sites is 1. The second-order valence-corrected chi connectivity index (χ2v) is 13.5. The minimum absolute atomic E-state index is 0.596. The molecule has 246 valence electrons. The van der Waals surface area contributed by atoms with Crippen molar-refractivity contribution in [1.29, 1.82) is 0 Å². The fourth-order valence-electron chi connectivity index (χ4n) is 8.08. The van der Waals surface area contributed by atoms with Gasteiger partial charge in [-0.25, -0.2) is 15.0 Å². The van der Waals surface area contributed by atoms with Gasteiger partial charge < -0.3 is 4.42 Å². The van der Waals surface area contributed by atoms with Gasteiger partial charge in [0.2, 0.25) is 0 Å². The van der Waals surface area contributed by atoms with Crippen molar-refractivity contribution >= 4 is 32.7 Å². The van der Waals surface area contributed by atoms with Gasteiger partial charge in [0.1, 0.15) is 11.2 Å². The van der Waals surface area contributed by atoms with Gasteiger partial charge >= 0.3 is 0 Å². The first kappa shape index (κ1) is 29.5. The van der Waals surface area contributed by atoms with E-state index in [0.29, 0.717) is 17.5 Å². The van der Waals surface area contributed by atoms with E-state index in [1.807, 2.05) is 42.5 Å². The van der Waals surface area contributed by atoms with Crippen molar-refractivity contribution in [3.05, 3.63) is 176 Å². The van der Waals surface area contributed by atoms with Crippen LogP contribution >= 0.6 is 0 Å². The van der Waals surface area contributed by atoms with E-state index in [2.05, 4.69) is 133 Å². The smallest absolute Gasteiger partial charge is 0.164 e. The molecule has 0 radical (unpaired) electrons. The van der Waals surface area contributed by atoms with Gasteiger partial charge in [0.25, 0.3) is 0 Å². The number of aromatic nitrogens is 3. The molecule has 2 heterocycles. The molecule has 0 unspecified atom stereocenters. The molecular formula is C49H29N3O. The number of benzene rings is 8. The molecule has 53 heavy (non-hydrogen) atoms. The Kier molecular flexibility index (Phi) is 6.52. The molecule has 2 aromatic heterocycles. The van der Waals surface area contributed by atoms with E-state index in [4.69, 9.17) is 19.4 Å². The fraction of sp³-hybridized carbons (Fsp3) is 0. The zero-order valence-corrected chi connectivity index (χ0v) is 28.5. The van der Waals surface area contributed by atoms with E-state index >= 15 is 0 Å². The zero-order chi connectivity index (χ0) is 34.9. The molecule has 1 aliphatic rings. The van der Waals surface area contributed by atoms with Gasteiger partial charge in [-0.2, -0.15) is 0 Å². The average molecular weight is 676 g/mol. The zero-order valence-electron chi connectivity index (χ0n) is 28.5. The predicted octanol–water partition coefficient (Wildman–Crippen LogP) is 12.9. The van der Waals surface area contributed by atoms with Crippen LogP contribution in [0.5, 0.6) is 0 Å². The third-order valence-corrected chi connectivity index (χ3v) is 10.5. The maximum Gasteiger partial charge on any atom is 0.164 e. The van der Waals surface area contributed by atoms with E-state index in [1.165, 1.54) is 33.0 Å². The number of furan rings is 1. The molecule has 0 N–H and O–H groups in total. The van der Waals surface area contributed by atoms with Crippen LogP contribution in [0.1, 0.15) is 0 Å². The molecule has 0 saturated carbocycles. The lowest BCUT2D eigenvalue weighted by Gasteiger charge is -2.13. The van der Waals surface area contributed by atoms with Crippen molar-refractivity contribution in [1.82, 2.24) is 15.0 Å². The Morgan fingerprint density at radius 3 is 1.75 bits per heavy atom. The predicted molar refractivity (Wildman–Crippen MR) is 216 cm³/mol. The summed E-state index contributed by atoms with van der Waals surface area (Å²) in [5, 5.41) is 4.57. The molecule has 11 rings (SSSR count). The summed E-state index contributed by atoms with van der Waals surface area (Å²) >= 11 is 0. The summed E-state index contributed by atoms with van der Waals surface area (Å²) in [6, 6.07) is 61.5. The van der Waals surface area contributed by atoms with Gasteiger partial charge in [0.15, 0.2) is 17.5 Å². The van der Waals surface area contributed by atoms with Crippen LogP contribution in [-0.4, -0.2) is 15.0 Å². The standard InChI is InChI=1S/C49H29N3O/c1-2-13-30(14-3-1)35-18-4-7-21-39(35)48-50-47(51-49(52-48)41-24-12-26-44-46(41)40-22-8-9-25-43(40)53-44)33-17-10-15-31(27-33)34-28-32-16-11-23-38-36-19-5-6-20-37(36)42(29-34)45(32)38/h1-29H. The lowest BCUT2D eigenvalue weighted by molar-refractivity contribution is 0.669. The molecule has 0 spiro atoms. The Morgan fingerprint density at radius 1 is 0.302 bits per heavy atom. The molecule has 1 aliphatic carbocycles. The molecule has 0 saturated heterocycles. The van der Waals surface area contributed by atoms with Crippen LogP contribution in [0.3, 0.4) is 0 Å². The Balaban J connectivity index is 1.12. The van der Waals surface area contributed by atoms with Gasteiger partial charge in [0, 0.05) is 27.5 Å². The highest BCUT2D eigenvalue weighted by molar-refractivity contribution is 6.16.